The fraction of sp³-hybridized carbons (Fsp3) is 0.840. The van der Waals surface area contributed by atoms with Crippen LogP contribution in [0.5, 0.6) is 0 Å². The summed E-state index contributed by atoms with van der Waals surface area (Å²) in [5.74, 6) is 0. The van der Waals surface area contributed by atoms with Gasteiger partial charge in [0.15, 0.2) is 0 Å². The third kappa shape index (κ3) is 17.7. The highest BCUT2D eigenvalue weighted by atomic mass is 31.2. The summed E-state index contributed by atoms with van der Waals surface area (Å²) >= 11 is 0. The molecule has 0 spiro atoms. The number of nitrogens with zero attached hydrogens (tertiary/aromatic N) is 1. The van der Waals surface area contributed by atoms with Crippen LogP contribution >= 0.6 is 7.60 Å². The first-order chi connectivity index (χ1) is 14.5. The second-order valence-electron chi connectivity index (χ2n) is 10.0. The maximum Gasteiger partial charge on any atom is 0.362 e. The van der Waals surface area contributed by atoms with Crippen LogP contribution in [0.25, 0.3) is 0 Å². The van der Waals surface area contributed by atoms with E-state index in [-0.39, 0.29) is 13.0 Å². The van der Waals surface area contributed by atoms with Crippen LogP contribution in [0.3, 0.4) is 0 Å². The molecule has 0 radical (unpaired) electrons. The molecule has 0 saturated carbocycles. The average molecular weight is 461 g/mol. The molecule has 1 unspecified atom stereocenters. The van der Waals surface area contributed by atoms with Crippen LogP contribution in [0.15, 0.2) is 24.3 Å². The van der Waals surface area contributed by atoms with E-state index in [0.29, 0.717) is 10.9 Å². The van der Waals surface area contributed by atoms with Gasteiger partial charge in [-0.05, 0) is 57.8 Å². The first-order valence-electron chi connectivity index (χ1n) is 12.4. The first-order valence-corrected chi connectivity index (χ1v) is 14.0. The van der Waals surface area contributed by atoms with Crippen LogP contribution < -0.4 is 0 Å². The molecule has 0 aromatic carbocycles. The minimum Gasteiger partial charge on any atom is -0.373 e. The van der Waals surface area contributed by atoms with E-state index in [0.717, 1.165) is 25.7 Å². The third-order valence-corrected chi connectivity index (χ3v) is 6.97. The Morgan fingerprint density at radius 1 is 0.710 bits per heavy atom. The highest BCUT2D eigenvalue weighted by Gasteiger charge is 2.48. The first kappa shape index (κ1) is 30.6. The van der Waals surface area contributed by atoms with E-state index >= 15 is 0 Å². The third-order valence-electron chi connectivity index (χ3n) is 5.52. The lowest BCUT2D eigenvalue weighted by molar-refractivity contribution is -0.875. The highest BCUT2D eigenvalue weighted by molar-refractivity contribution is 7.53. The largest absolute Gasteiger partial charge is 0.373 e. The van der Waals surface area contributed by atoms with Gasteiger partial charge in [-0.25, -0.2) is 0 Å². The minimum atomic E-state index is -4.57. The highest BCUT2D eigenvalue weighted by Crippen LogP contribution is 2.52. The Morgan fingerprint density at radius 3 is 1.52 bits per heavy atom. The van der Waals surface area contributed by atoms with Crippen molar-refractivity contribution in [1.82, 2.24) is 0 Å². The maximum absolute atomic E-state index is 11.8. The summed E-state index contributed by atoms with van der Waals surface area (Å²) in [6, 6.07) is 0. The zero-order valence-corrected chi connectivity index (χ0v) is 21.7. The van der Waals surface area contributed by atoms with Crippen LogP contribution in [0, 0.1) is 0 Å². The van der Waals surface area contributed by atoms with Gasteiger partial charge < -0.3 is 19.4 Å². The lowest BCUT2D eigenvalue weighted by atomic mass is 10.1. The van der Waals surface area contributed by atoms with Gasteiger partial charge in [-0.15, -0.1) is 0 Å². The van der Waals surface area contributed by atoms with E-state index in [2.05, 4.69) is 31.2 Å². The van der Waals surface area contributed by atoms with E-state index in [1.165, 1.54) is 57.8 Å². The quantitative estimate of drug-likeness (QED) is 0.0834. The molecular weight excluding hydrogens is 409 g/mol. The van der Waals surface area contributed by atoms with E-state index < -0.39 is 12.9 Å². The molecule has 6 heteroatoms. The van der Waals surface area contributed by atoms with E-state index in [4.69, 9.17) is 0 Å². The van der Waals surface area contributed by atoms with Crippen LogP contribution in [-0.4, -0.2) is 52.4 Å². The molecule has 0 rings (SSSR count). The second-order valence-corrected chi connectivity index (χ2v) is 11.9. The lowest BCUT2D eigenvalue weighted by Gasteiger charge is -2.35. The van der Waals surface area contributed by atoms with Crippen molar-refractivity contribution in [3.05, 3.63) is 24.3 Å². The van der Waals surface area contributed by atoms with Crippen molar-refractivity contribution in [2.75, 3.05) is 27.7 Å². The number of likely N-dealkylation sites (N-methyl/N-ethyl adjacent to an activating group) is 1. The van der Waals surface area contributed by atoms with E-state index in [9.17, 15) is 19.5 Å². The van der Waals surface area contributed by atoms with Crippen molar-refractivity contribution in [2.45, 2.75) is 109 Å². The van der Waals surface area contributed by atoms with E-state index in [1.54, 1.807) is 0 Å². The smallest absolute Gasteiger partial charge is 0.362 e. The molecule has 0 aromatic rings. The van der Waals surface area contributed by atoms with Crippen molar-refractivity contribution >= 4 is 7.60 Å². The summed E-state index contributed by atoms with van der Waals surface area (Å²) in [5.41, 5.74) is 0. The topological polar surface area (TPSA) is 77.8 Å². The van der Waals surface area contributed by atoms with Crippen molar-refractivity contribution in [2.24, 2.45) is 0 Å². The Morgan fingerprint density at radius 2 is 1.10 bits per heavy atom. The van der Waals surface area contributed by atoms with E-state index in [1.807, 2.05) is 21.1 Å². The lowest BCUT2D eigenvalue weighted by Crippen LogP contribution is -2.49. The number of hydrogen-bond donors (Lipinski definition) is 3. The predicted molar refractivity (Wildman–Crippen MR) is 133 cm³/mol. The molecule has 1 atom stereocenters. The Kier molecular flexibility index (Phi) is 16.8. The zero-order chi connectivity index (χ0) is 23.6. The number of aliphatic hydroxyl groups is 1. The normalized spacial score (nSPS) is 15.2. The van der Waals surface area contributed by atoms with Gasteiger partial charge in [-0.1, -0.05) is 69.8 Å². The molecule has 5 nitrogen and oxygen atoms in total. The summed E-state index contributed by atoms with van der Waals surface area (Å²) < 4.78 is 12.1. The molecule has 0 fully saturated rings. The van der Waals surface area contributed by atoms with Gasteiger partial charge in [0.2, 0.25) is 5.34 Å². The fourth-order valence-electron chi connectivity index (χ4n) is 3.79. The molecule has 31 heavy (non-hydrogen) atoms. The number of quaternary nitrogens is 1. The fourth-order valence-corrected chi connectivity index (χ4v) is 4.85. The van der Waals surface area contributed by atoms with Gasteiger partial charge in [0.05, 0.1) is 21.1 Å². The second kappa shape index (κ2) is 17.1. The van der Waals surface area contributed by atoms with Crippen molar-refractivity contribution in [3.8, 4) is 0 Å². The molecule has 0 aliphatic rings. The molecule has 0 bridgehead atoms. The molecule has 0 aliphatic heterocycles. The maximum atomic E-state index is 11.8. The van der Waals surface area contributed by atoms with Crippen molar-refractivity contribution in [1.29, 1.82) is 0 Å². The average Bonchev–Trinajstić information content (AvgIpc) is 2.65. The number of unbranched alkanes of at least 4 members (excludes halogenated alkanes) is 11. The zero-order valence-electron chi connectivity index (χ0n) is 20.8. The van der Waals surface area contributed by atoms with Gasteiger partial charge in [-0.3, -0.25) is 4.57 Å². The molecule has 0 heterocycles. The van der Waals surface area contributed by atoms with Gasteiger partial charge >= 0.3 is 7.60 Å². The van der Waals surface area contributed by atoms with Crippen LogP contribution in [-0.2, 0) is 4.57 Å². The number of hydrogen-bond acceptors (Lipinski definition) is 2. The molecule has 0 amide bonds. The SMILES string of the molecule is CCCCCCCCC/C=C\CCCC/C=C\CCCC(O)(C[N+](C)(C)C)P(=O)(O)O. The summed E-state index contributed by atoms with van der Waals surface area (Å²) in [7, 11) is 0.907. The molecule has 184 valence electrons. The van der Waals surface area contributed by atoms with Crippen molar-refractivity contribution in [3.63, 3.8) is 0 Å². The van der Waals surface area contributed by atoms with Crippen LogP contribution in [0.1, 0.15) is 103 Å². The minimum absolute atomic E-state index is 0.0352. The standard InChI is InChI=1S/C25H50NO4P/c1-5-6-7-8-9-10-11-12-13-14-15-16-17-18-19-20-21-22-23-25(27,31(28,29)30)24-26(2,3)4/h13-14,19-20,27H,5-12,15-18,21-24H2,1-4H3,(H-,28,29,30)/p+1/b14-13-,20-19-. The Bertz CT molecular complexity index is 536. The molecule has 0 aromatic heterocycles. The van der Waals surface area contributed by atoms with Gasteiger partial charge in [-0.2, -0.15) is 0 Å². The van der Waals surface area contributed by atoms with Gasteiger partial charge in [0.25, 0.3) is 0 Å². The molecule has 0 saturated heterocycles. The Labute approximate surface area is 192 Å². The number of rotatable bonds is 20. The molecular formula is C25H51NO4P+. The molecule has 3 N–H and O–H groups in total. The van der Waals surface area contributed by atoms with Gasteiger partial charge in [0.1, 0.15) is 6.54 Å². The monoisotopic (exact) mass is 460 g/mol. The number of allylic oxidation sites excluding steroid dienone is 4. The summed E-state index contributed by atoms with van der Waals surface area (Å²) in [6.07, 6.45) is 25.6. The molecule has 0 aliphatic carbocycles. The summed E-state index contributed by atoms with van der Waals surface area (Å²) in [5, 5.41) is 8.57. The summed E-state index contributed by atoms with van der Waals surface area (Å²) in [4.78, 5) is 19.1. The predicted octanol–water partition coefficient (Wildman–Crippen LogP) is 6.54. The van der Waals surface area contributed by atoms with Crippen LogP contribution in [0.2, 0.25) is 0 Å². The van der Waals surface area contributed by atoms with Crippen molar-refractivity contribution < 1.29 is 23.9 Å². The Balaban J connectivity index is 3.76. The van der Waals surface area contributed by atoms with Gasteiger partial charge in [0, 0.05) is 0 Å². The van der Waals surface area contributed by atoms with Crippen LogP contribution in [0.4, 0.5) is 0 Å². The summed E-state index contributed by atoms with van der Waals surface area (Å²) in [6.45, 7) is 2.29. The Hall–Kier alpha value is -0.450.